The van der Waals surface area contributed by atoms with Gasteiger partial charge in [0.2, 0.25) is 0 Å². The molecule has 4 nitrogen and oxygen atoms in total. The molecule has 1 aliphatic rings. The summed E-state index contributed by atoms with van der Waals surface area (Å²) in [6.07, 6.45) is 0.940. The third-order valence-corrected chi connectivity index (χ3v) is 4.52. The van der Waals surface area contributed by atoms with E-state index in [0.717, 1.165) is 50.2 Å². The van der Waals surface area contributed by atoms with E-state index in [1.54, 1.807) is 0 Å². The lowest BCUT2D eigenvalue weighted by Crippen LogP contribution is -2.48. The molecule has 0 spiro atoms. The van der Waals surface area contributed by atoms with Gasteiger partial charge in [-0.15, -0.1) is 0 Å². The molecule has 0 amide bonds. The Morgan fingerprint density at radius 1 is 1.19 bits per heavy atom. The summed E-state index contributed by atoms with van der Waals surface area (Å²) in [5.41, 5.74) is 8.46. The minimum atomic E-state index is 0.701. The molecule has 118 valence electrons. The molecule has 1 aromatic carbocycles. The van der Waals surface area contributed by atoms with Gasteiger partial charge in [-0.3, -0.25) is 4.90 Å². The predicted octanol–water partition coefficient (Wildman–Crippen LogP) is 1.63. The van der Waals surface area contributed by atoms with Crippen LogP contribution in [0.3, 0.4) is 0 Å². The van der Waals surface area contributed by atoms with Gasteiger partial charge in [0.15, 0.2) is 0 Å². The van der Waals surface area contributed by atoms with Crippen LogP contribution in [0.15, 0.2) is 22.7 Å². The Morgan fingerprint density at radius 2 is 1.90 bits per heavy atom. The third-order valence-electron chi connectivity index (χ3n) is 4.03. The molecule has 0 atom stereocenters. The average molecular weight is 355 g/mol. The van der Waals surface area contributed by atoms with Crippen molar-refractivity contribution in [3.05, 3.63) is 28.2 Å². The smallest absolute Gasteiger partial charge is 0.0400 e. The number of hydrogen-bond donors (Lipinski definition) is 1. The lowest BCUT2D eigenvalue weighted by molar-refractivity contribution is 0.229. The topological polar surface area (TPSA) is 35.7 Å². The van der Waals surface area contributed by atoms with Crippen LogP contribution in [0, 0.1) is 0 Å². The number of benzene rings is 1. The van der Waals surface area contributed by atoms with Gasteiger partial charge in [-0.05, 0) is 50.8 Å². The van der Waals surface area contributed by atoms with Crippen molar-refractivity contribution in [2.75, 3.05) is 64.8 Å². The van der Waals surface area contributed by atoms with Gasteiger partial charge < -0.3 is 15.5 Å². The molecule has 2 N–H and O–H groups in total. The molecule has 1 saturated heterocycles. The fraction of sp³-hybridized carbons (Fsp3) is 0.625. The van der Waals surface area contributed by atoms with Crippen LogP contribution in [-0.4, -0.2) is 69.7 Å². The Bertz CT molecular complexity index is 442. The fourth-order valence-corrected chi connectivity index (χ4v) is 3.18. The molecule has 1 heterocycles. The van der Waals surface area contributed by atoms with Gasteiger partial charge in [-0.2, -0.15) is 0 Å². The molecule has 0 bridgehead atoms. The van der Waals surface area contributed by atoms with Crippen LogP contribution in [0.25, 0.3) is 0 Å². The number of piperazine rings is 1. The number of likely N-dealkylation sites (N-methyl/N-ethyl adjacent to an activating group) is 1. The van der Waals surface area contributed by atoms with Crippen molar-refractivity contribution < 1.29 is 0 Å². The summed E-state index contributed by atoms with van der Waals surface area (Å²) >= 11 is 3.56. The van der Waals surface area contributed by atoms with Crippen LogP contribution in [0.4, 0.5) is 5.69 Å². The lowest BCUT2D eigenvalue weighted by atomic mass is 10.1. The summed E-state index contributed by atoms with van der Waals surface area (Å²) in [6.45, 7) is 7.50. The zero-order valence-corrected chi connectivity index (χ0v) is 14.8. The van der Waals surface area contributed by atoms with E-state index in [4.69, 9.17) is 5.73 Å². The molecular formula is C16H27BrN4. The predicted molar refractivity (Wildman–Crippen MR) is 94.1 cm³/mol. The third kappa shape index (κ3) is 4.95. The fourth-order valence-electron chi connectivity index (χ4n) is 2.77. The highest BCUT2D eigenvalue weighted by molar-refractivity contribution is 9.10. The van der Waals surface area contributed by atoms with Gasteiger partial charge >= 0.3 is 0 Å². The molecule has 0 saturated carbocycles. The Labute approximate surface area is 137 Å². The van der Waals surface area contributed by atoms with Gasteiger partial charge in [-0.25, -0.2) is 0 Å². The number of nitrogens with zero attached hydrogens (tertiary/aromatic N) is 3. The van der Waals surface area contributed by atoms with Gasteiger partial charge in [0.05, 0.1) is 0 Å². The van der Waals surface area contributed by atoms with Crippen molar-refractivity contribution in [1.82, 2.24) is 9.80 Å². The summed E-state index contributed by atoms with van der Waals surface area (Å²) in [5.74, 6) is 0. The van der Waals surface area contributed by atoms with E-state index in [9.17, 15) is 0 Å². The van der Waals surface area contributed by atoms with Crippen molar-refractivity contribution in [2.45, 2.75) is 6.42 Å². The highest BCUT2D eigenvalue weighted by atomic mass is 79.9. The lowest BCUT2D eigenvalue weighted by Gasteiger charge is -2.37. The largest absolute Gasteiger partial charge is 0.369 e. The number of hydrogen-bond acceptors (Lipinski definition) is 4. The van der Waals surface area contributed by atoms with E-state index in [1.165, 1.54) is 11.3 Å². The molecule has 2 rings (SSSR count). The maximum Gasteiger partial charge on any atom is 0.0400 e. The summed E-state index contributed by atoms with van der Waals surface area (Å²) < 4.78 is 1.14. The van der Waals surface area contributed by atoms with Crippen LogP contribution >= 0.6 is 15.9 Å². The van der Waals surface area contributed by atoms with E-state index in [0.29, 0.717) is 6.54 Å². The Balaban J connectivity index is 1.95. The van der Waals surface area contributed by atoms with Crippen molar-refractivity contribution in [1.29, 1.82) is 0 Å². The second kappa shape index (κ2) is 8.13. The second-order valence-corrected chi connectivity index (χ2v) is 6.86. The molecule has 0 radical (unpaired) electrons. The van der Waals surface area contributed by atoms with Gasteiger partial charge in [0.25, 0.3) is 0 Å². The minimum absolute atomic E-state index is 0.701. The molecule has 1 aromatic rings. The number of rotatable bonds is 6. The summed E-state index contributed by atoms with van der Waals surface area (Å²) in [6, 6.07) is 6.57. The standard InChI is InChI=1S/C16H27BrN4/c1-19(2)7-8-20-9-11-21(12-10-20)16-4-3-15(17)13-14(16)5-6-18/h3-4,13H,5-12,18H2,1-2H3. The highest BCUT2D eigenvalue weighted by Crippen LogP contribution is 2.26. The molecule has 0 aliphatic carbocycles. The second-order valence-electron chi connectivity index (χ2n) is 5.94. The highest BCUT2D eigenvalue weighted by Gasteiger charge is 2.19. The van der Waals surface area contributed by atoms with E-state index < -0.39 is 0 Å². The maximum atomic E-state index is 5.75. The monoisotopic (exact) mass is 354 g/mol. The van der Waals surface area contributed by atoms with Crippen molar-refractivity contribution in [3.8, 4) is 0 Å². The normalized spacial score (nSPS) is 16.7. The maximum absolute atomic E-state index is 5.75. The van der Waals surface area contributed by atoms with E-state index in [1.807, 2.05) is 0 Å². The molecular weight excluding hydrogens is 328 g/mol. The van der Waals surface area contributed by atoms with Crippen LogP contribution < -0.4 is 10.6 Å². The summed E-state index contributed by atoms with van der Waals surface area (Å²) in [7, 11) is 4.27. The Kier molecular flexibility index (Phi) is 6.48. The van der Waals surface area contributed by atoms with E-state index in [-0.39, 0.29) is 0 Å². The van der Waals surface area contributed by atoms with E-state index >= 15 is 0 Å². The number of halogens is 1. The molecule has 1 aliphatic heterocycles. The van der Waals surface area contributed by atoms with Gasteiger partial charge in [0.1, 0.15) is 0 Å². The zero-order valence-electron chi connectivity index (χ0n) is 13.2. The van der Waals surface area contributed by atoms with Crippen LogP contribution in [0.1, 0.15) is 5.56 Å². The van der Waals surface area contributed by atoms with Crippen LogP contribution in [0.5, 0.6) is 0 Å². The SMILES string of the molecule is CN(C)CCN1CCN(c2ccc(Br)cc2CCN)CC1. The first-order valence-electron chi connectivity index (χ1n) is 7.70. The van der Waals surface area contributed by atoms with Crippen molar-refractivity contribution >= 4 is 21.6 Å². The Morgan fingerprint density at radius 3 is 2.52 bits per heavy atom. The minimum Gasteiger partial charge on any atom is -0.369 e. The number of anilines is 1. The summed E-state index contributed by atoms with van der Waals surface area (Å²) in [5, 5.41) is 0. The van der Waals surface area contributed by atoms with Crippen molar-refractivity contribution in [2.24, 2.45) is 5.73 Å². The van der Waals surface area contributed by atoms with Crippen molar-refractivity contribution in [3.63, 3.8) is 0 Å². The van der Waals surface area contributed by atoms with Crippen LogP contribution in [0.2, 0.25) is 0 Å². The summed E-state index contributed by atoms with van der Waals surface area (Å²) in [4.78, 5) is 7.31. The Hall–Kier alpha value is -0.620. The average Bonchev–Trinajstić information content (AvgIpc) is 2.46. The first-order chi connectivity index (χ1) is 10.1. The first kappa shape index (κ1) is 16.7. The quantitative estimate of drug-likeness (QED) is 0.842. The van der Waals surface area contributed by atoms with Gasteiger partial charge in [-0.1, -0.05) is 15.9 Å². The van der Waals surface area contributed by atoms with Gasteiger partial charge in [0, 0.05) is 49.4 Å². The van der Waals surface area contributed by atoms with E-state index in [2.05, 4.69) is 62.9 Å². The molecule has 1 fully saturated rings. The first-order valence-corrected chi connectivity index (χ1v) is 8.50. The van der Waals surface area contributed by atoms with Crippen LogP contribution in [-0.2, 0) is 6.42 Å². The molecule has 0 aromatic heterocycles. The number of nitrogens with two attached hydrogens (primary N) is 1. The zero-order chi connectivity index (χ0) is 15.2. The molecule has 5 heteroatoms. The molecule has 0 unspecified atom stereocenters. The molecule has 21 heavy (non-hydrogen) atoms.